The van der Waals surface area contributed by atoms with Crippen molar-refractivity contribution >= 4 is 21.8 Å². The van der Waals surface area contributed by atoms with E-state index in [0.717, 1.165) is 12.8 Å². The molecule has 1 atom stereocenters. The Bertz CT molecular complexity index is 1060. The summed E-state index contributed by atoms with van der Waals surface area (Å²) in [6.45, 7) is 2.32. The van der Waals surface area contributed by atoms with Crippen LogP contribution in [-0.2, 0) is 14.8 Å². The van der Waals surface area contributed by atoms with E-state index >= 15 is 0 Å². The van der Waals surface area contributed by atoms with E-state index in [0.29, 0.717) is 24.4 Å². The average molecular weight is 448 g/mol. The van der Waals surface area contributed by atoms with E-state index in [4.69, 9.17) is 14.2 Å². The zero-order valence-electron chi connectivity index (χ0n) is 17.7. The maximum absolute atomic E-state index is 13.0. The van der Waals surface area contributed by atoms with Gasteiger partial charge in [-0.1, -0.05) is 0 Å². The lowest BCUT2D eigenvalue weighted by molar-refractivity contribution is 0.0318. The van der Waals surface area contributed by atoms with Gasteiger partial charge in [0.15, 0.2) is 6.10 Å². The first kappa shape index (κ1) is 22.8. The van der Waals surface area contributed by atoms with Crippen LogP contribution < -0.4 is 9.47 Å². The first-order valence-electron chi connectivity index (χ1n) is 9.85. The summed E-state index contributed by atoms with van der Waals surface area (Å²) in [5.41, 5.74) is 0.390. The largest absolute Gasteiger partial charge is 0.497 e. The van der Waals surface area contributed by atoms with Crippen molar-refractivity contribution in [2.24, 2.45) is 0 Å². The fourth-order valence-electron chi connectivity index (χ4n) is 3.34. The number of carbonyl (C=O) groups is 2. The minimum Gasteiger partial charge on any atom is -0.497 e. The molecule has 1 aliphatic heterocycles. The van der Waals surface area contributed by atoms with Crippen LogP contribution in [0, 0.1) is 0 Å². The highest BCUT2D eigenvalue weighted by atomic mass is 32.2. The number of sulfonamides is 1. The molecule has 0 aromatic heterocycles. The summed E-state index contributed by atoms with van der Waals surface area (Å²) in [6.07, 6.45) is 0.518. The van der Waals surface area contributed by atoms with Crippen LogP contribution in [-0.4, -0.2) is 57.9 Å². The molecule has 1 heterocycles. The summed E-state index contributed by atoms with van der Waals surface area (Å²) >= 11 is 0. The van der Waals surface area contributed by atoms with E-state index < -0.39 is 22.1 Å². The van der Waals surface area contributed by atoms with Crippen LogP contribution >= 0.6 is 0 Å². The standard InChI is InChI=1S/C22H25NO7S/c1-15(21(24)16-6-9-18(28-2)10-7-16)30-22(25)17-8-11-19(29-3)20(14-17)31(26,27)23-12-4-5-13-23/h6-11,14-15H,4-5,12-13H2,1-3H3. The van der Waals surface area contributed by atoms with Gasteiger partial charge >= 0.3 is 5.97 Å². The Balaban J connectivity index is 1.80. The summed E-state index contributed by atoms with van der Waals surface area (Å²) < 4.78 is 42.9. The van der Waals surface area contributed by atoms with Crippen LogP contribution in [0.15, 0.2) is 47.4 Å². The lowest BCUT2D eigenvalue weighted by Gasteiger charge is -2.18. The molecular weight excluding hydrogens is 422 g/mol. The van der Waals surface area contributed by atoms with E-state index in [1.807, 2.05) is 0 Å². The number of hydrogen-bond acceptors (Lipinski definition) is 7. The topological polar surface area (TPSA) is 99.2 Å². The highest BCUT2D eigenvalue weighted by Crippen LogP contribution is 2.30. The van der Waals surface area contributed by atoms with Gasteiger partial charge in [0, 0.05) is 18.7 Å². The highest BCUT2D eigenvalue weighted by molar-refractivity contribution is 7.89. The third-order valence-corrected chi connectivity index (χ3v) is 7.03. The molecule has 8 nitrogen and oxygen atoms in total. The van der Waals surface area contributed by atoms with Crippen LogP contribution in [0.1, 0.15) is 40.5 Å². The number of Topliss-reactive ketones (excluding diaryl/α,β-unsaturated/α-hetero) is 1. The third-order valence-electron chi connectivity index (χ3n) is 5.11. The zero-order chi connectivity index (χ0) is 22.6. The maximum atomic E-state index is 13.0. The van der Waals surface area contributed by atoms with E-state index in [2.05, 4.69) is 0 Å². The molecule has 0 amide bonds. The second kappa shape index (κ2) is 9.49. The Kier molecular flexibility index (Phi) is 6.97. The van der Waals surface area contributed by atoms with Crippen LogP contribution in [0.2, 0.25) is 0 Å². The van der Waals surface area contributed by atoms with Gasteiger partial charge in [0.2, 0.25) is 15.8 Å². The highest BCUT2D eigenvalue weighted by Gasteiger charge is 2.31. The molecule has 2 aromatic rings. The van der Waals surface area contributed by atoms with Crippen LogP contribution in [0.5, 0.6) is 11.5 Å². The van der Waals surface area contributed by atoms with Gasteiger partial charge in [0.05, 0.1) is 19.8 Å². The van der Waals surface area contributed by atoms with Crippen molar-refractivity contribution in [2.75, 3.05) is 27.3 Å². The van der Waals surface area contributed by atoms with E-state index in [-0.39, 0.29) is 22.0 Å². The summed E-state index contributed by atoms with van der Waals surface area (Å²) in [5.74, 6) is -0.429. The Morgan fingerprint density at radius 1 is 0.935 bits per heavy atom. The van der Waals surface area contributed by atoms with Gasteiger partial charge in [-0.05, 0) is 62.2 Å². The molecule has 31 heavy (non-hydrogen) atoms. The van der Waals surface area contributed by atoms with Gasteiger partial charge in [-0.2, -0.15) is 4.31 Å². The number of nitrogens with zero attached hydrogens (tertiary/aromatic N) is 1. The predicted molar refractivity (Wildman–Crippen MR) is 113 cm³/mol. The van der Waals surface area contributed by atoms with Gasteiger partial charge in [-0.25, -0.2) is 13.2 Å². The SMILES string of the molecule is COc1ccc(C(=O)C(C)OC(=O)c2ccc(OC)c(S(=O)(=O)N3CCCC3)c2)cc1. The minimum absolute atomic E-state index is 0.0213. The molecule has 166 valence electrons. The number of carbonyl (C=O) groups excluding carboxylic acids is 2. The number of hydrogen-bond donors (Lipinski definition) is 0. The first-order chi connectivity index (χ1) is 14.8. The van der Waals surface area contributed by atoms with Crippen LogP contribution in [0.4, 0.5) is 0 Å². The van der Waals surface area contributed by atoms with Crippen LogP contribution in [0.25, 0.3) is 0 Å². The van der Waals surface area contributed by atoms with Crippen molar-refractivity contribution in [3.8, 4) is 11.5 Å². The molecule has 0 N–H and O–H groups in total. The van der Waals surface area contributed by atoms with Crippen molar-refractivity contribution in [2.45, 2.75) is 30.8 Å². The lowest BCUT2D eigenvalue weighted by atomic mass is 10.1. The third kappa shape index (κ3) is 4.88. The molecule has 1 aliphatic rings. The molecule has 0 saturated carbocycles. The second-order valence-corrected chi connectivity index (χ2v) is 9.02. The Morgan fingerprint density at radius 2 is 1.55 bits per heavy atom. The number of benzene rings is 2. The molecule has 1 fully saturated rings. The normalized spacial score (nSPS) is 15.3. The van der Waals surface area contributed by atoms with Gasteiger partial charge in [-0.15, -0.1) is 0 Å². The summed E-state index contributed by atoms with van der Waals surface area (Å²) in [7, 11) is -0.921. The molecule has 0 aliphatic carbocycles. The van der Waals surface area contributed by atoms with Crippen molar-refractivity contribution in [1.29, 1.82) is 0 Å². The fourth-order valence-corrected chi connectivity index (χ4v) is 5.04. The van der Waals surface area contributed by atoms with Gasteiger partial charge in [-0.3, -0.25) is 4.79 Å². The molecule has 0 radical (unpaired) electrons. The van der Waals surface area contributed by atoms with Crippen molar-refractivity contribution in [3.63, 3.8) is 0 Å². The van der Waals surface area contributed by atoms with Gasteiger partial charge < -0.3 is 14.2 Å². The maximum Gasteiger partial charge on any atom is 0.338 e. The molecular formula is C22H25NO7S. The predicted octanol–water partition coefficient (Wildman–Crippen LogP) is 2.92. The smallest absolute Gasteiger partial charge is 0.338 e. The first-order valence-corrected chi connectivity index (χ1v) is 11.3. The second-order valence-electron chi connectivity index (χ2n) is 7.12. The Hall–Kier alpha value is -2.91. The quantitative estimate of drug-likeness (QED) is 0.453. The van der Waals surface area contributed by atoms with Crippen molar-refractivity contribution < 1.29 is 32.2 Å². The monoisotopic (exact) mass is 447 g/mol. The van der Waals surface area contributed by atoms with Crippen molar-refractivity contribution in [3.05, 3.63) is 53.6 Å². The molecule has 9 heteroatoms. The molecule has 0 bridgehead atoms. The van der Waals surface area contributed by atoms with E-state index in [9.17, 15) is 18.0 Å². The molecule has 0 spiro atoms. The molecule has 1 unspecified atom stereocenters. The number of methoxy groups -OCH3 is 2. The van der Waals surface area contributed by atoms with Crippen molar-refractivity contribution in [1.82, 2.24) is 4.31 Å². The molecule has 1 saturated heterocycles. The fraction of sp³-hybridized carbons (Fsp3) is 0.364. The summed E-state index contributed by atoms with van der Waals surface area (Å²) in [6, 6.07) is 10.5. The van der Waals surface area contributed by atoms with E-state index in [1.54, 1.807) is 24.3 Å². The Labute approximate surface area is 181 Å². The number of ether oxygens (including phenoxy) is 3. The summed E-state index contributed by atoms with van der Waals surface area (Å²) in [5, 5.41) is 0. The van der Waals surface area contributed by atoms with Crippen LogP contribution in [0.3, 0.4) is 0 Å². The summed E-state index contributed by atoms with van der Waals surface area (Å²) in [4.78, 5) is 25.1. The average Bonchev–Trinajstić information content (AvgIpc) is 3.34. The lowest BCUT2D eigenvalue weighted by Crippen LogP contribution is -2.28. The number of rotatable bonds is 8. The number of ketones is 1. The molecule has 3 rings (SSSR count). The van der Waals surface area contributed by atoms with Gasteiger partial charge in [0.25, 0.3) is 0 Å². The molecule has 2 aromatic carbocycles. The Morgan fingerprint density at radius 3 is 2.13 bits per heavy atom. The van der Waals surface area contributed by atoms with Gasteiger partial charge in [0.1, 0.15) is 16.4 Å². The number of esters is 1. The van der Waals surface area contributed by atoms with E-state index in [1.165, 1.54) is 43.6 Å². The minimum atomic E-state index is -3.81. The zero-order valence-corrected chi connectivity index (χ0v) is 18.5.